The highest BCUT2D eigenvalue weighted by Gasteiger charge is 2.24. The van der Waals surface area contributed by atoms with Gasteiger partial charge in [-0.3, -0.25) is 10.1 Å². The highest BCUT2D eigenvalue weighted by atomic mass is 32.1. The first-order valence-corrected chi connectivity index (χ1v) is 9.59. The third-order valence-electron chi connectivity index (χ3n) is 4.73. The zero-order chi connectivity index (χ0) is 18.3. The molecule has 0 saturated carbocycles. The van der Waals surface area contributed by atoms with Crippen molar-refractivity contribution in [1.29, 1.82) is 0 Å². The number of benzene rings is 1. The number of aryl methyl sites for hydroxylation is 2. The summed E-state index contributed by atoms with van der Waals surface area (Å²) in [7, 11) is 0. The van der Waals surface area contributed by atoms with Gasteiger partial charge in [0, 0.05) is 24.2 Å². The Morgan fingerprint density at radius 2 is 2.12 bits per heavy atom. The van der Waals surface area contributed by atoms with Crippen molar-refractivity contribution in [3.8, 4) is 16.3 Å². The molecule has 6 nitrogen and oxygen atoms in total. The second-order valence-corrected chi connectivity index (χ2v) is 7.60. The van der Waals surface area contributed by atoms with E-state index in [4.69, 9.17) is 5.10 Å². The number of hydrogen-bond donors (Lipinski definition) is 1. The van der Waals surface area contributed by atoms with Gasteiger partial charge >= 0.3 is 0 Å². The summed E-state index contributed by atoms with van der Waals surface area (Å²) in [6, 6.07) is 7.09. The molecule has 0 amide bonds. The smallest absolute Gasteiger partial charge is 0.271 e. The fourth-order valence-corrected chi connectivity index (χ4v) is 4.28. The molecule has 0 fully saturated rings. The van der Waals surface area contributed by atoms with Crippen molar-refractivity contribution in [2.24, 2.45) is 0 Å². The van der Waals surface area contributed by atoms with Gasteiger partial charge in [0.1, 0.15) is 11.5 Å². The molecule has 0 bridgehead atoms. The Kier molecular flexibility index (Phi) is 4.24. The molecule has 2 aromatic heterocycles. The number of hydrogen-bond acceptors (Lipinski definition) is 5. The number of nitro groups is 1. The second-order valence-electron chi connectivity index (χ2n) is 6.69. The number of fused-ring (bicyclic) bond motifs is 1. The molecule has 3 aromatic rings. The number of thiophene rings is 1. The van der Waals surface area contributed by atoms with Crippen LogP contribution in [0.15, 0.2) is 29.6 Å². The summed E-state index contributed by atoms with van der Waals surface area (Å²) in [5.74, 6) is 0.965. The topological polar surface area (TPSA) is 73.0 Å². The van der Waals surface area contributed by atoms with Crippen molar-refractivity contribution in [3.05, 3.63) is 56.5 Å². The summed E-state index contributed by atoms with van der Waals surface area (Å²) >= 11 is 1.69. The standard InChI is InChI=1S/C19H20N4O2S/c1-12-9-17(26-11-12)18-15-5-3-4-8-20-19(15)22(21-18)16-10-14(23(24)25)7-6-13(16)2/h6-7,9-11,20H,3-5,8H2,1-2H3. The molecule has 0 aliphatic carbocycles. The Morgan fingerprint density at radius 1 is 1.27 bits per heavy atom. The predicted molar refractivity (Wildman–Crippen MR) is 104 cm³/mol. The second kappa shape index (κ2) is 6.57. The van der Waals surface area contributed by atoms with E-state index in [0.29, 0.717) is 0 Å². The van der Waals surface area contributed by atoms with E-state index in [9.17, 15) is 10.1 Å². The largest absolute Gasteiger partial charge is 0.370 e. The van der Waals surface area contributed by atoms with Crippen LogP contribution in [-0.2, 0) is 6.42 Å². The van der Waals surface area contributed by atoms with Gasteiger partial charge < -0.3 is 5.32 Å². The zero-order valence-corrected chi connectivity index (χ0v) is 15.6. The van der Waals surface area contributed by atoms with Crippen LogP contribution in [0.3, 0.4) is 0 Å². The Labute approximate surface area is 155 Å². The van der Waals surface area contributed by atoms with Gasteiger partial charge in [0.05, 0.1) is 15.5 Å². The summed E-state index contributed by atoms with van der Waals surface area (Å²) < 4.78 is 1.85. The van der Waals surface area contributed by atoms with Gasteiger partial charge in [0.2, 0.25) is 0 Å². The van der Waals surface area contributed by atoms with Crippen LogP contribution in [0.25, 0.3) is 16.3 Å². The monoisotopic (exact) mass is 368 g/mol. The average Bonchev–Trinajstić information content (AvgIpc) is 3.10. The van der Waals surface area contributed by atoms with Crippen LogP contribution >= 0.6 is 11.3 Å². The summed E-state index contributed by atoms with van der Waals surface area (Å²) in [5, 5.41) is 21.8. The van der Waals surface area contributed by atoms with Crippen LogP contribution in [0.1, 0.15) is 29.5 Å². The number of aromatic nitrogens is 2. The molecule has 7 heteroatoms. The lowest BCUT2D eigenvalue weighted by molar-refractivity contribution is -0.384. The number of nitrogens with one attached hydrogen (secondary N) is 1. The van der Waals surface area contributed by atoms with Crippen LogP contribution < -0.4 is 5.32 Å². The normalized spacial score (nSPS) is 13.8. The van der Waals surface area contributed by atoms with Gasteiger partial charge in [0.15, 0.2) is 0 Å². The van der Waals surface area contributed by atoms with Gasteiger partial charge in [-0.2, -0.15) is 5.10 Å². The van der Waals surface area contributed by atoms with Crippen molar-refractivity contribution in [2.45, 2.75) is 33.1 Å². The molecular weight excluding hydrogens is 348 g/mol. The molecule has 0 spiro atoms. The van der Waals surface area contributed by atoms with Crippen molar-refractivity contribution in [2.75, 3.05) is 11.9 Å². The van der Waals surface area contributed by atoms with Crippen molar-refractivity contribution >= 4 is 22.8 Å². The highest BCUT2D eigenvalue weighted by molar-refractivity contribution is 7.13. The zero-order valence-electron chi connectivity index (χ0n) is 14.8. The van der Waals surface area contributed by atoms with E-state index in [2.05, 4.69) is 23.7 Å². The summed E-state index contributed by atoms with van der Waals surface area (Å²) in [6.07, 6.45) is 3.17. The highest BCUT2D eigenvalue weighted by Crippen LogP contribution is 2.37. The number of nitro benzene ring substituents is 1. The first-order valence-electron chi connectivity index (χ1n) is 8.71. The van der Waals surface area contributed by atoms with E-state index in [1.165, 1.54) is 17.2 Å². The van der Waals surface area contributed by atoms with E-state index in [1.54, 1.807) is 23.5 Å². The third-order valence-corrected chi connectivity index (χ3v) is 5.78. The Bertz CT molecular complexity index is 990. The van der Waals surface area contributed by atoms with E-state index in [-0.39, 0.29) is 10.6 Å². The molecule has 1 aromatic carbocycles. The maximum absolute atomic E-state index is 11.2. The molecule has 0 radical (unpaired) electrons. The number of rotatable bonds is 3. The molecule has 0 unspecified atom stereocenters. The first kappa shape index (κ1) is 16.8. The van der Waals surface area contributed by atoms with Gasteiger partial charge in [0.25, 0.3) is 5.69 Å². The lowest BCUT2D eigenvalue weighted by Crippen LogP contribution is -2.08. The lowest BCUT2D eigenvalue weighted by atomic mass is 10.1. The minimum absolute atomic E-state index is 0.0805. The van der Waals surface area contributed by atoms with Crippen LogP contribution in [-0.4, -0.2) is 21.2 Å². The van der Waals surface area contributed by atoms with Gasteiger partial charge in [-0.1, -0.05) is 6.07 Å². The molecular formula is C19H20N4O2S. The Hall–Kier alpha value is -2.67. The van der Waals surface area contributed by atoms with Gasteiger partial charge in [-0.05, 0) is 55.7 Å². The maximum atomic E-state index is 11.2. The number of anilines is 1. The number of non-ortho nitro benzene ring substituents is 1. The van der Waals surface area contributed by atoms with Gasteiger partial charge in [-0.25, -0.2) is 4.68 Å². The van der Waals surface area contributed by atoms with Crippen LogP contribution in [0.4, 0.5) is 11.5 Å². The molecule has 134 valence electrons. The Balaban J connectivity index is 1.93. The van der Waals surface area contributed by atoms with E-state index >= 15 is 0 Å². The fourth-order valence-electron chi connectivity index (χ4n) is 3.37. The van der Waals surface area contributed by atoms with Crippen LogP contribution in [0, 0.1) is 24.0 Å². The SMILES string of the molecule is Cc1csc(-c2nn(-c3cc([N+](=O)[O-])ccc3C)c3c2CCCCN3)c1. The minimum atomic E-state index is -0.359. The Morgan fingerprint density at radius 3 is 2.85 bits per heavy atom. The predicted octanol–water partition coefficient (Wildman–Crippen LogP) is 4.87. The van der Waals surface area contributed by atoms with Crippen molar-refractivity contribution < 1.29 is 4.92 Å². The quantitative estimate of drug-likeness (QED) is 0.528. The lowest BCUT2D eigenvalue weighted by Gasteiger charge is -2.11. The fraction of sp³-hybridized carbons (Fsp3) is 0.316. The molecule has 1 N–H and O–H groups in total. The number of nitrogens with zero attached hydrogens (tertiary/aromatic N) is 3. The van der Waals surface area contributed by atoms with Crippen LogP contribution in [0.5, 0.6) is 0 Å². The molecule has 0 atom stereocenters. The third kappa shape index (κ3) is 2.88. The molecule has 0 saturated heterocycles. The summed E-state index contributed by atoms with van der Waals surface area (Å²) in [5.41, 5.74) is 5.21. The van der Waals surface area contributed by atoms with Gasteiger partial charge in [-0.15, -0.1) is 11.3 Å². The minimum Gasteiger partial charge on any atom is -0.370 e. The van der Waals surface area contributed by atoms with Crippen LogP contribution in [0.2, 0.25) is 0 Å². The van der Waals surface area contributed by atoms with E-state index in [1.807, 2.05) is 11.6 Å². The maximum Gasteiger partial charge on any atom is 0.271 e. The summed E-state index contributed by atoms with van der Waals surface area (Å²) in [6.45, 7) is 4.92. The molecule has 4 rings (SSSR count). The van der Waals surface area contributed by atoms with E-state index < -0.39 is 0 Å². The van der Waals surface area contributed by atoms with Crippen molar-refractivity contribution in [1.82, 2.24) is 9.78 Å². The average molecular weight is 368 g/mol. The first-order chi connectivity index (χ1) is 12.5. The van der Waals surface area contributed by atoms with Crippen molar-refractivity contribution in [3.63, 3.8) is 0 Å². The molecule has 26 heavy (non-hydrogen) atoms. The molecule has 3 heterocycles. The van der Waals surface area contributed by atoms with E-state index in [0.717, 1.165) is 53.4 Å². The molecule has 1 aliphatic heterocycles. The summed E-state index contributed by atoms with van der Waals surface area (Å²) in [4.78, 5) is 12.0. The molecule has 1 aliphatic rings.